The number of methoxy groups -OCH3 is 1. The molecule has 3 aromatic heterocycles. The van der Waals surface area contributed by atoms with Gasteiger partial charge in [0, 0.05) is 30.7 Å². The number of ether oxygens (including phenoxy) is 1. The van der Waals surface area contributed by atoms with Crippen molar-refractivity contribution in [1.82, 2.24) is 19.1 Å². The van der Waals surface area contributed by atoms with Gasteiger partial charge in [-0.3, -0.25) is 9.36 Å². The van der Waals surface area contributed by atoms with Crippen LogP contribution in [0.4, 0.5) is 11.6 Å². The summed E-state index contributed by atoms with van der Waals surface area (Å²) in [4.78, 5) is 33.3. The van der Waals surface area contributed by atoms with Crippen LogP contribution in [-0.2, 0) is 11.8 Å². The number of hydrogen-bond donors (Lipinski definition) is 1. The zero-order valence-electron chi connectivity index (χ0n) is 15.5. The number of aryl methyl sites for hydroxylation is 2. The highest BCUT2D eigenvalue weighted by Gasteiger charge is 2.23. The van der Waals surface area contributed by atoms with Crippen molar-refractivity contribution in [3.63, 3.8) is 0 Å². The van der Waals surface area contributed by atoms with E-state index in [0.717, 1.165) is 30.3 Å². The van der Waals surface area contributed by atoms with E-state index in [1.54, 1.807) is 40.6 Å². The van der Waals surface area contributed by atoms with Crippen LogP contribution in [0.1, 0.15) is 41.5 Å². The number of hydrogen-bond acceptors (Lipinski definition) is 6. The lowest BCUT2D eigenvalue weighted by molar-refractivity contribution is 0.0590. The van der Waals surface area contributed by atoms with Gasteiger partial charge >= 0.3 is 5.97 Å². The van der Waals surface area contributed by atoms with Crippen molar-refractivity contribution in [2.75, 3.05) is 12.4 Å². The van der Waals surface area contributed by atoms with E-state index in [9.17, 15) is 9.59 Å². The minimum atomic E-state index is -0.417. The monoisotopic (exact) mass is 367 g/mol. The second-order valence-corrected chi connectivity index (χ2v) is 6.84. The molecule has 0 saturated heterocycles. The maximum Gasteiger partial charge on any atom is 0.354 e. The van der Waals surface area contributed by atoms with Crippen molar-refractivity contribution in [2.24, 2.45) is 7.05 Å². The maximum atomic E-state index is 12.4. The summed E-state index contributed by atoms with van der Waals surface area (Å²) in [5, 5.41) is 4.00. The molecular weight excluding hydrogens is 346 g/mol. The number of pyridine rings is 1. The van der Waals surface area contributed by atoms with E-state index in [-0.39, 0.29) is 11.6 Å². The van der Waals surface area contributed by atoms with E-state index in [0.29, 0.717) is 23.0 Å². The van der Waals surface area contributed by atoms with Gasteiger partial charge in [-0.05, 0) is 38.3 Å². The zero-order valence-corrected chi connectivity index (χ0v) is 15.5. The highest BCUT2D eigenvalue weighted by atomic mass is 16.5. The van der Waals surface area contributed by atoms with Gasteiger partial charge in [0.05, 0.1) is 18.5 Å². The first-order valence-corrected chi connectivity index (χ1v) is 8.89. The fourth-order valence-corrected chi connectivity index (χ4v) is 3.41. The van der Waals surface area contributed by atoms with Gasteiger partial charge in [0.25, 0.3) is 5.56 Å². The number of rotatable bonds is 4. The van der Waals surface area contributed by atoms with Crippen LogP contribution in [0.25, 0.3) is 11.0 Å². The molecule has 0 unspecified atom stereocenters. The van der Waals surface area contributed by atoms with E-state index in [2.05, 4.69) is 15.3 Å². The molecule has 27 heavy (non-hydrogen) atoms. The Morgan fingerprint density at radius 3 is 2.74 bits per heavy atom. The summed E-state index contributed by atoms with van der Waals surface area (Å²) >= 11 is 0. The largest absolute Gasteiger partial charge is 0.464 e. The molecule has 4 rings (SSSR count). The molecule has 140 valence electrons. The van der Waals surface area contributed by atoms with Crippen molar-refractivity contribution >= 4 is 28.6 Å². The smallest absolute Gasteiger partial charge is 0.354 e. The molecule has 0 aromatic carbocycles. The van der Waals surface area contributed by atoms with E-state index < -0.39 is 5.97 Å². The van der Waals surface area contributed by atoms with Crippen LogP contribution >= 0.6 is 0 Å². The molecule has 0 spiro atoms. The Hall–Kier alpha value is -3.16. The molecule has 1 saturated carbocycles. The summed E-state index contributed by atoms with van der Waals surface area (Å²) in [7, 11) is 3.11. The fraction of sp³-hybridized carbons (Fsp3) is 0.368. The van der Waals surface area contributed by atoms with E-state index in [1.807, 2.05) is 6.92 Å². The fourth-order valence-electron chi connectivity index (χ4n) is 3.41. The Morgan fingerprint density at radius 2 is 2.07 bits per heavy atom. The molecule has 3 heterocycles. The number of carbonyl (C=O) groups is 1. The first kappa shape index (κ1) is 17.3. The third-order valence-electron chi connectivity index (χ3n) is 5.07. The van der Waals surface area contributed by atoms with Gasteiger partial charge in [0.15, 0.2) is 0 Å². The van der Waals surface area contributed by atoms with Gasteiger partial charge in [-0.2, -0.15) is 4.98 Å². The predicted octanol–water partition coefficient (Wildman–Crippen LogP) is 2.69. The summed E-state index contributed by atoms with van der Waals surface area (Å²) in [5.74, 6) is -0.0272. The average Bonchev–Trinajstić information content (AvgIpc) is 2.95. The van der Waals surface area contributed by atoms with Crippen LogP contribution in [0.15, 0.2) is 29.2 Å². The minimum absolute atomic E-state index is 0.0380. The normalized spacial score (nSPS) is 14.2. The molecule has 0 radical (unpaired) electrons. The SMILES string of the molecule is COC(=O)c1cc(Nc2nc(C)c3ccc(=O)n(C4CCC4)c3n2)cn1C. The molecule has 8 heteroatoms. The van der Waals surface area contributed by atoms with Crippen LogP contribution in [0.2, 0.25) is 0 Å². The molecule has 1 N–H and O–H groups in total. The average molecular weight is 367 g/mol. The Kier molecular flexibility index (Phi) is 4.18. The number of esters is 1. The summed E-state index contributed by atoms with van der Waals surface area (Å²) in [5.41, 5.74) is 2.49. The molecule has 0 atom stereocenters. The van der Waals surface area contributed by atoms with Gasteiger partial charge in [0.2, 0.25) is 5.95 Å². The topological polar surface area (TPSA) is 91.0 Å². The lowest BCUT2D eigenvalue weighted by Crippen LogP contribution is -2.29. The summed E-state index contributed by atoms with van der Waals surface area (Å²) in [6.45, 7) is 1.90. The van der Waals surface area contributed by atoms with Crippen molar-refractivity contribution in [2.45, 2.75) is 32.2 Å². The second kappa shape index (κ2) is 6.53. The van der Waals surface area contributed by atoms with Crippen molar-refractivity contribution in [3.05, 3.63) is 46.1 Å². The van der Waals surface area contributed by atoms with Gasteiger partial charge < -0.3 is 14.6 Å². The Labute approximate surface area is 155 Å². The molecule has 1 fully saturated rings. The number of nitrogens with one attached hydrogen (secondary N) is 1. The summed E-state index contributed by atoms with van der Waals surface area (Å²) < 4.78 is 8.23. The third kappa shape index (κ3) is 2.97. The molecule has 0 bridgehead atoms. The second-order valence-electron chi connectivity index (χ2n) is 6.84. The quantitative estimate of drug-likeness (QED) is 0.713. The first-order valence-electron chi connectivity index (χ1n) is 8.89. The Morgan fingerprint density at radius 1 is 1.30 bits per heavy atom. The van der Waals surface area contributed by atoms with Crippen molar-refractivity contribution < 1.29 is 9.53 Å². The highest BCUT2D eigenvalue weighted by molar-refractivity contribution is 5.89. The van der Waals surface area contributed by atoms with Gasteiger partial charge in [-0.25, -0.2) is 9.78 Å². The predicted molar refractivity (Wildman–Crippen MR) is 101 cm³/mol. The highest BCUT2D eigenvalue weighted by Crippen LogP contribution is 2.32. The summed E-state index contributed by atoms with van der Waals surface area (Å²) in [6, 6.07) is 5.25. The number of fused-ring (bicyclic) bond motifs is 1. The number of aromatic nitrogens is 4. The van der Waals surface area contributed by atoms with Gasteiger partial charge in [0.1, 0.15) is 11.3 Å². The van der Waals surface area contributed by atoms with Crippen molar-refractivity contribution in [1.29, 1.82) is 0 Å². The minimum Gasteiger partial charge on any atom is -0.464 e. The standard InChI is InChI=1S/C19H21N5O3/c1-11-14-7-8-16(25)24(13-5-4-6-13)17(14)22-19(20-11)21-12-9-15(18(26)27-3)23(2)10-12/h7-10,13H,4-6H2,1-3H3,(H,20,21,22). The molecule has 1 aliphatic carbocycles. The van der Waals surface area contributed by atoms with Crippen LogP contribution in [0.5, 0.6) is 0 Å². The number of nitrogens with zero attached hydrogens (tertiary/aromatic N) is 4. The molecule has 0 amide bonds. The zero-order chi connectivity index (χ0) is 19.1. The van der Waals surface area contributed by atoms with Crippen LogP contribution in [0, 0.1) is 6.92 Å². The number of anilines is 2. The third-order valence-corrected chi connectivity index (χ3v) is 5.07. The lowest BCUT2D eigenvalue weighted by Gasteiger charge is -2.28. The Balaban J connectivity index is 1.77. The Bertz CT molecular complexity index is 1090. The molecular formula is C19H21N5O3. The van der Waals surface area contributed by atoms with Crippen LogP contribution in [-0.4, -0.2) is 32.2 Å². The molecule has 1 aliphatic rings. The van der Waals surface area contributed by atoms with Crippen molar-refractivity contribution in [3.8, 4) is 0 Å². The number of carbonyl (C=O) groups excluding carboxylic acids is 1. The van der Waals surface area contributed by atoms with Crippen LogP contribution in [0.3, 0.4) is 0 Å². The molecule has 3 aromatic rings. The van der Waals surface area contributed by atoms with Gasteiger partial charge in [-0.15, -0.1) is 0 Å². The van der Waals surface area contributed by atoms with Crippen LogP contribution < -0.4 is 10.9 Å². The summed E-state index contributed by atoms with van der Waals surface area (Å²) in [6.07, 6.45) is 4.88. The molecule has 8 nitrogen and oxygen atoms in total. The van der Waals surface area contributed by atoms with E-state index >= 15 is 0 Å². The molecule has 0 aliphatic heterocycles. The first-order chi connectivity index (χ1) is 13.0. The van der Waals surface area contributed by atoms with E-state index in [4.69, 9.17) is 4.74 Å². The lowest BCUT2D eigenvalue weighted by atomic mass is 9.92. The maximum absolute atomic E-state index is 12.4. The van der Waals surface area contributed by atoms with Gasteiger partial charge in [-0.1, -0.05) is 0 Å². The van der Waals surface area contributed by atoms with E-state index in [1.165, 1.54) is 7.11 Å².